The molecule has 0 saturated heterocycles. The van der Waals surface area contributed by atoms with E-state index in [0.717, 1.165) is 35.0 Å². The van der Waals surface area contributed by atoms with Gasteiger partial charge in [0, 0.05) is 22.6 Å². The zero-order valence-corrected chi connectivity index (χ0v) is 11.7. The van der Waals surface area contributed by atoms with E-state index in [9.17, 15) is 0 Å². The van der Waals surface area contributed by atoms with Gasteiger partial charge in [0.2, 0.25) is 0 Å². The minimum Gasteiger partial charge on any atom is -0.398 e. The van der Waals surface area contributed by atoms with Crippen molar-refractivity contribution in [1.82, 2.24) is 4.98 Å². The number of aryl methyl sites for hydroxylation is 1. The van der Waals surface area contributed by atoms with E-state index in [1.54, 1.807) is 0 Å². The first-order chi connectivity index (χ1) is 10.2. The number of benzene rings is 2. The van der Waals surface area contributed by atoms with Crippen LogP contribution in [0.3, 0.4) is 0 Å². The number of nitrogen functional groups attached to an aromatic ring is 2. The fourth-order valence-corrected chi connectivity index (χ4v) is 3.41. The van der Waals surface area contributed by atoms with Gasteiger partial charge in [-0.15, -0.1) is 0 Å². The van der Waals surface area contributed by atoms with Crippen LogP contribution in [0.2, 0.25) is 0 Å². The second-order valence-corrected chi connectivity index (χ2v) is 5.67. The second-order valence-electron chi connectivity index (χ2n) is 5.67. The predicted molar refractivity (Wildman–Crippen MR) is 87.2 cm³/mol. The third-order valence-electron chi connectivity index (χ3n) is 4.46. The van der Waals surface area contributed by atoms with Gasteiger partial charge in [0.25, 0.3) is 0 Å². The zero-order valence-electron chi connectivity index (χ0n) is 11.7. The van der Waals surface area contributed by atoms with Gasteiger partial charge < -0.3 is 11.5 Å². The van der Waals surface area contributed by atoms with E-state index in [2.05, 4.69) is 35.3 Å². The molecule has 4 N–H and O–H groups in total. The van der Waals surface area contributed by atoms with Gasteiger partial charge in [0.05, 0.1) is 5.52 Å². The summed E-state index contributed by atoms with van der Waals surface area (Å²) >= 11 is 0. The molecule has 3 aromatic rings. The first-order valence-corrected chi connectivity index (χ1v) is 7.26. The number of rotatable bonds is 1. The average Bonchev–Trinajstić information content (AvgIpc) is 2.91. The largest absolute Gasteiger partial charge is 0.398 e. The number of nitrogens with two attached hydrogens (primary N) is 2. The van der Waals surface area contributed by atoms with Crippen LogP contribution in [-0.4, -0.2) is 4.98 Å². The third kappa shape index (κ3) is 1.85. The number of anilines is 2. The molecule has 21 heavy (non-hydrogen) atoms. The molecule has 104 valence electrons. The normalized spacial score (nSPS) is 17.0. The van der Waals surface area contributed by atoms with Crippen molar-refractivity contribution in [3.05, 3.63) is 65.2 Å². The topological polar surface area (TPSA) is 64.9 Å². The average molecular weight is 275 g/mol. The van der Waals surface area contributed by atoms with E-state index in [1.165, 1.54) is 11.1 Å². The van der Waals surface area contributed by atoms with Crippen LogP contribution in [0.5, 0.6) is 0 Å². The fourth-order valence-electron chi connectivity index (χ4n) is 3.41. The van der Waals surface area contributed by atoms with Gasteiger partial charge >= 0.3 is 0 Å². The molecule has 1 aliphatic rings. The molecular formula is C18H17N3. The monoisotopic (exact) mass is 275 g/mol. The SMILES string of the molecule is Nc1nc2cccc(N)c2cc1C1CCc2ccccc21. The molecule has 3 nitrogen and oxygen atoms in total. The lowest BCUT2D eigenvalue weighted by Gasteiger charge is -2.15. The van der Waals surface area contributed by atoms with E-state index < -0.39 is 0 Å². The second kappa shape index (κ2) is 4.48. The molecule has 1 atom stereocenters. The maximum Gasteiger partial charge on any atom is 0.127 e. The summed E-state index contributed by atoms with van der Waals surface area (Å²) in [4.78, 5) is 4.55. The maximum absolute atomic E-state index is 6.22. The summed E-state index contributed by atoms with van der Waals surface area (Å²) in [5.74, 6) is 0.951. The highest BCUT2D eigenvalue weighted by Gasteiger charge is 2.26. The van der Waals surface area contributed by atoms with Gasteiger partial charge in [-0.1, -0.05) is 30.3 Å². The molecular weight excluding hydrogens is 258 g/mol. The molecule has 2 aromatic carbocycles. The third-order valence-corrected chi connectivity index (χ3v) is 4.46. The Bertz CT molecular complexity index is 839. The Hall–Kier alpha value is -2.55. The van der Waals surface area contributed by atoms with Crippen molar-refractivity contribution in [2.75, 3.05) is 11.5 Å². The Morgan fingerprint density at radius 3 is 2.71 bits per heavy atom. The highest BCUT2D eigenvalue weighted by molar-refractivity contribution is 5.92. The lowest BCUT2D eigenvalue weighted by atomic mass is 9.92. The summed E-state index contributed by atoms with van der Waals surface area (Å²) < 4.78 is 0. The van der Waals surface area contributed by atoms with E-state index in [0.29, 0.717) is 11.7 Å². The molecule has 1 heterocycles. The molecule has 1 aliphatic carbocycles. The zero-order chi connectivity index (χ0) is 14.4. The summed E-state index contributed by atoms with van der Waals surface area (Å²) in [6.45, 7) is 0. The molecule has 4 rings (SSSR count). The van der Waals surface area contributed by atoms with E-state index in [1.807, 2.05) is 18.2 Å². The minimum absolute atomic E-state index is 0.331. The Balaban J connectivity index is 1.92. The van der Waals surface area contributed by atoms with Crippen molar-refractivity contribution >= 4 is 22.4 Å². The minimum atomic E-state index is 0.331. The molecule has 0 amide bonds. The number of fused-ring (bicyclic) bond motifs is 2. The molecule has 1 aromatic heterocycles. The molecule has 1 unspecified atom stereocenters. The maximum atomic E-state index is 6.22. The number of nitrogens with zero attached hydrogens (tertiary/aromatic N) is 1. The van der Waals surface area contributed by atoms with Crippen LogP contribution < -0.4 is 11.5 Å². The van der Waals surface area contributed by atoms with Crippen molar-refractivity contribution < 1.29 is 0 Å². The van der Waals surface area contributed by atoms with Gasteiger partial charge in [0.15, 0.2) is 0 Å². The number of aromatic nitrogens is 1. The van der Waals surface area contributed by atoms with Crippen LogP contribution in [0.15, 0.2) is 48.5 Å². The van der Waals surface area contributed by atoms with Gasteiger partial charge in [0.1, 0.15) is 5.82 Å². The summed E-state index contributed by atoms with van der Waals surface area (Å²) in [7, 11) is 0. The van der Waals surface area contributed by atoms with Crippen molar-refractivity contribution in [3.8, 4) is 0 Å². The van der Waals surface area contributed by atoms with Crippen molar-refractivity contribution in [3.63, 3.8) is 0 Å². The summed E-state index contributed by atoms with van der Waals surface area (Å²) in [6.07, 6.45) is 2.19. The van der Waals surface area contributed by atoms with Crippen LogP contribution in [-0.2, 0) is 6.42 Å². The Morgan fingerprint density at radius 2 is 1.81 bits per heavy atom. The Labute approximate surface area is 123 Å². The molecule has 3 heteroatoms. The van der Waals surface area contributed by atoms with Gasteiger partial charge in [-0.2, -0.15) is 0 Å². The first kappa shape index (κ1) is 12.2. The molecule has 0 aliphatic heterocycles. The van der Waals surface area contributed by atoms with Crippen LogP contribution >= 0.6 is 0 Å². The van der Waals surface area contributed by atoms with Crippen molar-refractivity contribution in [1.29, 1.82) is 0 Å². The Kier molecular flexibility index (Phi) is 2.61. The fraction of sp³-hybridized carbons (Fsp3) is 0.167. The smallest absolute Gasteiger partial charge is 0.127 e. The summed E-state index contributed by atoms with van der Waals surface area (Å²) in [6, 6.07) is 16.5. The van der Waals surface area contributed by atoms with E-state index in [-0.39, 0.29) is 0 Å². The summed E-state index contributed by atoms with van der Waals surface area (Å²) in [5.41, 5.74) is 17.8. The van der Waals surface area contributed by atoms with Crippen molar-refractivity contribution in [2.24, 2.45) is 0 Å². The van der Waals surface area contributed by atoms with Gasteiger partial charge in [-0.05, 0) is 42.2 Å². The molecule has 0 fully saturated rings. The highest BCUT2D eigenvalue weighted by atomic mass is 14.8. The summed E-state index contributed by atoms with van der Waals surface area (Å²) in [5, 5.41) is 0.992. The predicted octanol–water partition coefficient (Wildman–Crippen LogP) is 3.48. The molecule has 0 radical (unpaired) electrons. The Morgan fingerprint density at radius 1 is 0.952 bits per heavy atom. The van der Waals surface area contributed by atoms with Crippen LogP contribution in [0, 0.1) is 0 Å². The number of hydrogen-bond donors (Lipinski definition) is 2. The molecule has 0 saturated carbocycles. The van der Waals surface area contributed by atoms with Gasteiger partial charge in [-0.3, -0.25) is 0 Å². The molecule has 0 spiro atoms. The quantitative estimate of drug-likeness (QED) is 0.668. The van der Waals surface area contributed by atoms with Crippen LogP contribution in [0.4, 0.5) is 11.5 Å². The van der Waals surface area contributed by atoms with E-state index >= 15 is 0 Å². The lowest BCUT2D eigenvalue weighted by Crippen LogP contribution is -2.04. The van der Waals surface area contributed by atoms with Crippen LogP contribution in [0.25, 0.3) is 10.9 Å². The van der Waals surface area contributed by atoms with Crippen molar-refractivity contribution in [2.45, 2.75) is 18.8 Å². The number of pyridine rings is 1. The standard InChI is InChI=1S/C18H17N3/c19-16-6-3-7-17-15(16)10-14(18(20)21-17)13-9-8-11-4-1-2-5-12(11)13/h1-7,10,13H,8-9,19H2,(H2,20,21). The highest BCUT2D eigenvalue weighted by Crippen LogP contribution is 2.41. The first-order valence-electron chi connectivity index (χ1n) is 7.26. The van der Waals surface area contributed by atoms with E-state index in [4.69, 9.17) is 11.5 Å². The van der Waals surface area contributed by atoms with Gasteiger partial charge in [-0.25, -0.2) is 4.98 Å². The lowest BCUT2D eigenvalue weighted by molar-refractivity contribution is 0.788. The molecule has 0 bridgehead atoms. The number of hydrogen-bond acceptors (Lipinski definition) is 3. The van der Waals surface area contributed by atoms with Crippen LogP contribution in [0.1, 0.15) is 29.0 Å².